The molecule has 0 N–H and O–H groups in total. The number of hydrogen-bond donors (Lipinski definition) is 0. The SMILES string of the molecule is CCCC(C)(C)CC[C@@](C)(CCC(C)(C)[C@]1(C)CC[C@H]2C(C)(C)C(=O)C(C#N)=C[C@]2(C)[C@H]1CC(C)=O)C1CO1. The summed E-state index contributed by atoms with van der Waals surface area (Å²) in [7, 11) is 0. The van der Waals surface area contributed by atoms with Crippen LogP contribution in [0.5, 0.6) is 0 Å². The van der Waals surface area contributed by atoms with Crippen LogP contribution in [-0.4, -0.2) is 24.3 Å². The van der Waals surface area contributed by atoms with Crippen LogP contribution in [0.15, 0.2) is 11.6 Å². The molecule has 0 amide bonds. The van der Waals surface area contributed by atoms with Gasteiger partial charge in [-0.2, -0.15) is 5.26 Å². The standard InChI is InChI=1S/C35H57NO3/c1-12-14-30(3,4)16-18-33(9,28-23-39-28)19-17-31(5,6)35(11)15-13-26-32(7,8)29(38)25(22-36)21-34(26,10)27(35)20-24(2)37/h21,26-28H,12-20,23H2,1-11H3/t26-,27+,28?,33-,34-,35+/m0/s1. The fourth-order valence-electron chi connectivity index (χ4n) is 8.91. The van der Waals surface area contributed by atoms with Crippen LogP contribution < -0.4 is 0 Å². The molecular formula is C35H57NO3. The van der Waals surface area contributed by atoms with Crippen molar-refractivity contribution in [3.8, 4) is 6.07 Å². The number of nitriles is 1. The predicted octanol–water partition coefficient (Wildman–Crippen LogP) is 8.88. The number of epoxide rings is 1. The number of rotatable bonds is 12. The number of carbonyl (C=O) groups is 2. The molecule has 0 spiro atoms. The van der Waals surface area contributed by atoms with E-state index in [0.717, 1.165) is 32.3 Å². The third kappa shape index (κ3) is 5.95. The lowest BCUT2D eigenvalue weighted by atomic mass is 9.39. The van der Waals surface area contributed by atoms with Gasteiger partial charge in [0.2, 0.25) is 0 Å². The summed E-state index contributed by atoms with van der Waals surface area (Å²) in [5, 5.41) is 9.91. The van der Waals surface area contributed by atoms with Gasteiger partial charge in [-0.25, -0.2) is 0 Å². The quantitative estimate of drug-likeness (QED) is 0.232. The van der Waals surface area contributed by atoms with E-state index in [9.17, 15) is 14.9 Å². The van der Waals surface area contributed by atoms with Gasteiger partial charge >= 0.3 is 0 Å². The van der Waals surface area contributed by atoms with Crippen molar-refractivity contribution in [3.63, 3.8) is 0 Å². The van der Waals surface area contributed by atoms with E-state index >= 15 is 0 Å². The molecule has 0 aromatic rings. The summed E-state index contributed by atoms with van der Waals surface area (Å²) in [6, 6.07) is 2.22. The molecule has 4 nitrogen and oxygen atoms in total. The zero-order chi connectivity index (χ0) is 29.7. The third-order valence-electron chi connectivity index (χ3n) is 12.3. The van der Waals surface area contributed by atoms with Crippen LogP contribution in [0.4, 0.5) is 0 Å². The molecule has 2 aliphatic carbocycles. The fourth-order valence-corrected chi connectivity index (χ4v) is 8.91. The lowest BCUT2D eigenvalue weighted by Gasteiger charge is -2.64. The maximum absolute atomic E-state index is 13.2. The summed E-state index contributed by atoms with van der Waals surface area (Å²) in [6.07, 6.45) is 11.8. The van der Waals surface area contributed by atoms with Crippen molar-refractivity contribution in [2.75, 3.05) is 6.61 Å². The average Bonchev–Trinajstić information content (AvgIpc) is 3.67. The zero-order valence-corrected chi connectivity index (χ0v) is 27.1. The molecule has 1 heterocycles. The molecule has 2 fully saturated rings. The minimum atomic E-state index is -0.609. The van der Waals surface area contributed by atoms with Crippen molar-refractivity contribution in [2.24, 2.45) is 44.3 Å². The maximum Gasteiger partial charge on any atom is 0.178 e. The summed E-state index contributed by atoms with van der Waals surface area (Å²) in [5.41, 5.74) is -0.340. The van der Waals surface area contributed by atoms with E-state index in [1.54, 1.807) is 6.92 Å². The second kappa shape index (κ2) is 10.7. The largest absolute Gasteiger partial charge is 0.373 e. The highest BCUT2D eigenvalue weighted by Crippen LogP contribution is 2.68. The molecule has 6 atom stereocenters. The van der Waals surface area contributed by atoms with Gasteiger partial charge in [-0.05, 0) is 90.8 Å². The summed E-state index contributed by atoms with van der Waals surface area (Å²) < 4.78 is 5.94. The second-order valence-corrected chi connectivity index (χ2v) is 16.3. The van der Waals surface area contributed by atoms with Crippen LogP contribution in [0.3, 0.4) is 0 Å². The molecule has 39 heavy (non-hydrogen) atoms. The summed E-state index contributed by atoms with van der Waals surface area (Å²) in [6.45, 7) is 25.6. The number of carbonyl (C=O) groups excluding carboxylic acids is 2. The van der Waals surface area contributed by atoms with Gasteiger partial charge in [0.1, 0.15) is 11.9 Å². The average molecular weight is 540 g/mol. The number of allylic oxidation sites excluding steroid dienone is 2. The molecule has 1 saturated carbocycles. The molecule has 1 aliphatic heterocycles. The van der Waals surface area contributed by atoms with Crippen LogP contribution in [0.2, 0.25) is 0 Å². The highest BCUT2D eigenvalue weighted by Gasteiger charge is 2.63. The van der Waals surface area contributed by atoms with E-state index in [4.69, 9.17) is 4.74 Å². The Hall–Kier alpha value is -1.47. The number of nitrogens with zero attached hydrogens (tertiary/aromatic N) is 1. The zero-order valence-electron chi connectivity index (χ0n) is 27.1. The van der Waals surface area contributed by atoms with Gasteiger partial charge in [-0.1, -0.05) is 81.7 Å². The molecule has 3 aliphatic rings. The summed E-state index contributed by atoms with van der Waals surface area (Å²) in [5.74, 6) is 0.343. The summed E-state index contributed by atoms with van der Waals surface area (Å²) >= 11 is 0. The first-order chi connectivity index (χ1) is 17.8. The first kappa shape index (κ1) is 32.0. The van der Waals surface area contributed by atoms with E-state index in [2.05, 4.69) is 61.5 Å². The Bertz CT molecular complexity index is 1020. The van der Waals surface area contributed by atoms with E-state index in [-0.39, 0.29) is 50.6 Å². The molecule has 0 bridgehead atoms. The Morgan fingerprint density at radius 1 is 1.05 bits per heavy atom. The molecule has 0 aromatic carbocycles. The highest BCUT2D eigenvalue weighted by atomic mass is 16.6. The molecule has 3 rings (SSSR count). The molecular weight excluding hydrogens is 482 g/mol. The van der Waals surface area contributed by atoms with Gasteiger partial charge in [0.15, 0.2) is 5.78 Å². The van der Waals surface area contributed by atoms with Crippen molar-refractivity contribution in [1.82, 2.24) is 0 Å². The lowest BCUT2D eigenvalue weighted by Crippen LogP contribution is -2.60. The molecule has 0 aromatic heterocycles. The van der Waals surface area contributed by atoms with Crippen LogP contribution in [0.25, 0.3) is 0 Å². The van der Waals surface area contributed by atoms with Gasteiger partial charge in [-0.15, -0.1) is 0 Å². The first-order valence-corrected chi connectivity index (χ1v) is 15.6. The smallest absolute Gasteiger partial charge is 0.178 e. The predicted molar refractivity (Wildman–Crippen MR) is 159 cm³/mol. The molecule has 1 unspecified atom stereocenters. The van der Waals surface area contributed by atoms with Crippen LogP contribution in [-0.2, 0) is 14.3 Å². The van der Waals surface area contributed by atoms with E-state index < -0.39 is 5.41 Å². The number of hydrogen-bond acceptors (Lipinski definition) is 4. The van der Waals surface area contributed by atoms with Gasteiger partial charge < -0.3 is 9.53 Å². The Labute approximate surface area is 239 Å². The topological polar surface area (TPSA) is 70.5 Å². The lowest BCUT2D eigenvalue weighted by molar-refractivity contribution is -0.156. The van der Waals surface area contributed by atoms with Gasteiger partial charge in [0, 0.05) is 11.8 Å². The number of ketones is 2. The minimum Gasteiger partial charge on any atom is -0.373 e. The Morgan fingerprint density at radius 3 is 2.15 bits per heavy atom. The van der Waals surface area contributed by atoms with Crippen molar-refractivity contribution < 1.29 is 14.3 Å². The molecule has 220 valence electrons. The normalized spacial score (nSPS) is 33.9. The van der Waals surface area contributed by atoms with Gasteiger partial charge in [-0.3, -0.25) is 4.79 Å². The monoisotopic (exact) mass is 539 g/mol. The Kier molecular flexibility index (Phi) is 8.83. The third-order valence-corrected chi connectivity index (χ3v) is 12.3. The van der Waals surface area contributed by atoms with E-state index in [1.807, 2.05) is 19.9 Å². The van der Waals surface area contributed by atoms with Gasteiger partial charge in [0.05, 0.1) is 18.3 Å². The molecule has 1 saturated heterocycles. The first-order valence-electron chi connectivity index (χ1n) is 15.6. The van der Waals surface area contributed by atoms with E-state index in [1.165, 1.54) is 25.7 Å². The Morgan fingerprint density at radius 2 is 1.64 bits per heavy atom. The van der Waals surface area contributed by atoms with Crippen LogP contribution >= 0.6 is 0 Å². The fraction of sp³-hybridized carbons (Fsp3) is 0.857. The number of Topliss-reactive ketones (excluding diaryl/α,β-unsaturated/α-hetero) is 2. The van der Waals surface area contributed by atoms with Crippen LogP contribution in [0.1, 0.15) is 134 Å². The van der Waals surface area contributed by atoms with Gasteiger partial charge in [0.25, 0.3) is 0 Å². The maximum atomic E-state index is 13.2. The molecule has 4 heteroatoms. The van der Waals surface area contributed by atoms with E-state index in [0.29, 0.717) is 17.9 Å². The number of fused-ring (bicyclic) bond motifs is 1. The second-order valence-electron chi connectivity index (χ2n) is 16.3. The highest BCUT2D eigenvalue weighted by molar-refractivity contribution is 6.04. The van der Waals surface area contributed by atoms with Crippen molar-refractivity contribution in [1.29, 1.82) is 5.26 Å². The minimum absolute atomic E-state index is 0.0254. The summed E-state index contributed by atoms with van der Waals surface area (Å²) in [4.78, 5) is 26.0. The van der Waals surface area contributed by atoms with Crippen molar-refractivity contribution in [2.45, 2.75) is 140 Å². The van der Waals surface area contributed by atoms with Crippen LogP contribution in [0, 0.1) is 55.7 Å². The molecule has 0 radical (unpaired) electrons. The Balaban J connectivity index is 1.94. The number of ether oxygens (including phenoxy) is 1. The van der Waals surface area contributed by atoms with Crippen molar-refractivity contribution >= 4 is 11.6 Å². The van der Waals surface area contributed by atoms with Crippen molar-refractivity contribution in [3.05, 3.63) is 11.6 Å².